The zero-order chi connectivity index (χ0) is 17.3. The predicted molar refractivity (Wildman–Crippen MR) is 89.6 cm³/mol. The van der Waals surface area contributed by atoms with Crippen LogP contribution in [0.1, 0.15) is 56.7 Å². The van der Waals surface area contributed by atoms with Crippen molar-refractivity contribution >= 4 is 11.9 Å². The average Bonchev–Trinajstić information content (AvgIpc) is 2.98. The summed E-state index contributed by atoms with van der Waals surface area (Å²) in [7, 11) is 0. The maximum Gasteiger partial charge on any atom is 0.332 e. The number of rotatable bonds is 3. The number of fused-ring (bicyclic) bond motifs is 1. The highest BCUT2D eigenvalue weighted by atomic mass is 16.5. The molecule has 1 unspecified atom stereocenters. The van der Waals surface area contributed by atoms with E-state index in [0.717, 1.165) is 19.3 Å². The van der Waals surface area contributed by atoms with E-state index in [9.17, 15) is 9.59 Å². The number of nitrogens with one attached hydrogen (secondary N) is 1. The molecule has 1 heterocycles. The van der Waals surface area contributed by atoms with Crippen molar-refractivity contribution in [3.63, 3.8) is 0 Å². The monoisotopic (exact) mass is 331 g/mol. The molecule has 0 aromatic heterocycles. The molecule has 1 aliphatic carbocycles. The van der Waals surface area contributed by atoms with Gasteiger partial charge in [0, 0.05) is 0 Å². The van der Waals surface area contributed by atoms with Crippen LogP contribution in [-0.2, 0) is 20.7 Å². The van der Waals surface area contributed by atoms with Crippen molar-refractivity contribution in [2.75, 3.05) is 0 Å². The molecule has 0 bridgehead atoms. The topological polar surface area (TPSA) is 75.6 Å². The minimum absolute atomic E-state index is 0.0568. The van der Waals surface area contributed by atoms with E-state index in [1.807, 2.05) is 12.1 Å². The van der Waals surface area contributed by atoms with Crippen LogP contribution >= 0.6 is 0 Å². The van der Waals surface area contributed by atoms with E-state index in [4.69, 9.17) is 9.84 Å². The van der Waals surface area contributed by atoms with Gasteiger partial charge >= 0.3 is 5.97 Å². The van der Waals surface area contributed by atoms with Crippen LogP contribution < -0.4 is 5.32 Å². The highest BCUT2D eigenvalue weighted by molar-refractivity contribution is 5.83. The van der Waals surface area contributed by atoms with Gasteiger partial charge in [0.1, 0.15) is 6.10 Å². The van der Waals surface area contributed by atoms with Gasteiger partial charge < -0.3 is 15.2 Å². The summed E-state index contributed by atoms with van der Waals surface area (Å²) in [6.45, 7) is 4.45. The third-order valence-corrected chi connectivity index (χ3v) is 5.16. The fourth-order valence-electron chi connectivity index (χ4n) is 3.74. The van der Waals surface area contributed by atoms with Crippen LogP contribution in [0.25, 0.3) is 0 Å². The summed E-state index contributed by atoms with van der Waals surface area (Å²) in [4.78, 5) is 23.6. The van der Waals surface area contributed by atoms with Gasteiger partial charge in [-0.25, -0.2) is 4.79 Å². The number of amides is 1. The minimum Gasteiger partial charge on any atom is -0.479 e. The lowest BCUT2D eigenvalue weighted by molar-refractivity contribution is -0.152. The first-order valence-electron chi connectivity index (χ1n) is 8.62. The highest BCUT2D eigenvalue weighted by Crippen LogP contribution is 2.39. The van der Waals surface area contributed by atoms with E-state index in [-0.39, 0.29) is 17.4 Å². The number of aliphatic carboxylic acids is 1. The summed E-state index contributed by atoms with van der Waals surface area (Å²) in [6, 6.07) is 8.19. The van der Waals surface area contributed by atoms with Gasteiger partial charge in [-0.15, -0.1) is 0 Å². The third-order valence-electron chi connectivity index (χ3n) is 5.16. The number of carbonyl (C=O) groups excluding carboxylic acids is 1. The summed E-state index contributed by atoms with van der Waals surface area (Å²) < 4.78 is 5.39. The Hall–Kier alpha value is -1.88. The van der Waals surface area contributed by atoms with Gasteiger partial charge in [-0.2, -0.15) is 0 Å². The number of hydrogen-bond donors (Lipinski definition) is 2. The number of carbonyl (C=O) groups is 2. The fourth-order valence-corrected chi connectivity index (χ4v) is 3.74. The van der Waals surface area contributed by atoms with E-state index < -0.39 is 18.2 Å². The highest BCUT2D eigenvalue weighted by Gasteiger charge is 2.37. The molecular weight excluding hydrogens is 306 g/mol. The molecule has 3 rings (SSSR count). The molecule has 1 saturated heterocycles. The van der Waals surface area contributed by atoms with Gasteiger partial charge in [0.15, 0.2) is 6.10 Å². The summed E-state index contributed by atoms with van der Waals surface area (Å²) in [6.07, 6.45) is 2.28. The molecule has 24 heavy (non-hydrogen) atoms. The van der Waals surface area contributed by atoms with Gasteiger partial charge in [0.05, 0.1) is 6.04 Å². The van der Waals surface area contributed by atoms with Crippen molar-refractivity contribution < 1.29 is 19.4 Å². The Kier molecular flexibility index (Phi) is 4.63. The third kappa shape index (κ3) is 3.61. The Balaban J connectivity index is 1.75. The molecular formula is C19H25NO4. The quantitative estimate of drug-likeness (QED) is 0.835. The standard InChI is InChI=1S/C19H25NO4/c1-19(2)10-9-12-5-3-4-6-13(12)14(11-19)20-17(21)15-7-8-16(24-15)18(22)23/h3-6,14-16H,7-11H2,1-2H3,(H,20,21)(H,22,23)/t14?,15-,16+/m0/s1. The molecule has 1 aromatic carbocycles. The number of carboxylic acid groups (broad SMARTS) is 1. The number of benzene rings is 1. The van der Waals surface area contributed by atoms with Gasteiger partial charge in [-0.3, -0.25) is 4.79 Å². The van der Waals surface area contributed by atoms with Crippen LogP contribution in [0.15, 0.2) is 24.3 Å². The van der Waals surface area contributed by atoms with Gasteiger partial charge in [0.25, 0.3) is 0 Å². The maximum atomic E-state index is 12.6. The first kappa shape index (κ1) is 17.0. The van der Waals surface area contributed by atoms with E-state index in [2.05, 4.69) is 31.3 Å². The Morgan fingerprint density at radius 3 is 2.62 bits per heavy atom. The maximum absolute atomic E-state index is 12.6. The lowest BCUT2D eigenvalue weighted by Gasteiger charge is -2.28. The molecule has 3 atom stereocenters. The van der Waals surface area contributed by atoms with E-state index in [1.165, 1.54) is 11.1 Å². The van der Waals surface area contributed by atoms with Crippen molar-refractivity contribution in [1.29, 1.82) is 0 Å². The first-order chi connectivity index (χ1) is 11.4. The Labute approximate surface area is 142 Å². The fraction of sp³-hybridized carbons (Fsp3) is 0.579. The first-order valence-corrected chi connectivity index (χ1v) is 8.62. The number of hydrogen-bond acceptors (Lipinski definition) is 3. The average molecular weight is 331 g/mol. The smallest absolute Gasteiger partial charge is 0.332 e. The molecule has 0 saturated carbocycles. The van der Waals surface area contributed by atoms with Crippen molar-refractivity contribution in [1.82, 2.24) is 5.32 Å². The van der Waals surface area contributed by atoms with Crippen molar-refractivity contribution in [2.45, 2.75) is 64.2 Å². The van der Waals surface area contributed by atoms with Gasteiger partial charge in [0.2, 0.25) is 5.91 Å². The van der Waals surface area contributed by atoms with Crippen molar-refractivity contribution in [3.05, 3.63) is 35.4 Å². The molecule has 130 valence electrons. The van der Waals surface area contributed by atoms with Crippen LogP contribution in [0.4, 0.5) is 0 Å². The normalized spacial score (nSPS) is 28.7. The Morgan fingerprint density at radius 1 is 1.21 bits per heavy atom. The zero-order valence-electron chi connectivity index (χ0n) is 14.2. The Bertz CT molecular complexity index is 640. The van der Waals surface area contributed by atoms with Crippen LogP contribution in [0.5, 0.6) is 0 Å². The summed E-state index contributed by atoms with van der Waals surface area (Å²) in [5.74, 6) is -1.19. The van der Waals surface area contributed by atoms with Crippen molar-refractivity contribution in [2.24, 2.45) is 5.41 Å². The van der Waals surface area contributed by atoms with E-state index >= 15 is 0 Å². The molecule has 1 fully saturated rings. The predicted octanol–water partition coefficient (Wildman–Crippen LogP) is 2.84. The largest absolute Gasteiger partial charge is 0.479 e. The summed E-state index contributed by atoms with van der Waals surface area (Å²) in [5.41, 5.74) is 2.59. The molecule has 1 aromatic rings. The second-order valence-corrected chi connectivity index (χ2v) is 7.66. The number of aryl methyl sites for hydroxylation is 1. The molecule has 2 N–H and O–H groups in total. The molecule has 0 spiro atoms. The summed E-state index contributed by atoms with van der Waals surface area (Å²) in [5, 5.41) is 12.1. The minimum atomic E-state index is -0.994. The second-order valence-electron chi connectivity index (χ2n) is 7.66. The molecule has 1 amide bonds. The molecule has 0 radical (unpaired) electrons. The van der Waals surface area contributed by atoms with Crippen molar-refractivity contribution in [3.8, 4) is 0 Å². The molecule has 5 heteroatoms. The lowest BCUT2D eigenvalue weighted by Crippen LogP contribution is -2.39. The number of ether oxygens (including phenoxy) is 1. The summed E-state index contributed by atoms with van der Waals surface area (Å²) >= 11 is 0. The van der Waals surface area contributed by atoms with E-state index in [1.54, 1.807) is 0 Å². The zero-order valence-corrected chi connectivity index (χ0v) is 14.2. The number of carboxylic acids is 1. The van der Waals surface area contributed by atoms with Crippen LogP contribution in [-0.4, -0.2) is 29.2 Å². The molecule has 2 aliphatic rings. The van der Waals surface area contributed by atoms with Crippen LogP contribution in [0.3, 0.4) is 0 Å². The van der Waals surface area contributed by atoms with E-state index in [0.29, 0.717) is 12.8 Å². The van der Waals surface area contributed by atoms with Gasteiger partial charge in [-0.1, -0.05) is 38.1 Å². The second kappa shape index (κ2) is 6.55. The lowest BCUT2D eigenvalue weighted by atomic mass is 9.83. The van der Waals surface area contributed by atoms with Crippen LogP contribution in [0, 0.1) is 5.41 Å². The molecule has 5 nitrogen and oxygen atoms in total. The van der Waals surface area contributed by atoms with Crippen LogP contribution in [0.2, 0.25) is 0 Å². The SMILES string of the molecule is CC1(C)CCc2ccccc2C(NC(=O)[C@@H]2CC[C@H](C(=O)O)O2)C1. The molecule has 1 aliphatic heterocycles. The van der Waals surface area contributed by atoms with Gasteiger partial charge in [-0.05, 0) is 48.6 Å². The Morgan fingerprint density at radius 2 is 1.92 bits per heavy atom.